The van der Waals surface area contributed by atoms with Gasteiger partial charge in [-0.25, -0.2) is 0 Å². The normalized spacial score (nSPS) is 10.7. The van der Waals surface area contributed by atoms with Crippen LogP contribution in [0.1, 0.15) is 11.1 Å². The summed E-state index contributed by atoms with van der Waals surface area (Å²) in [7, 11) is 0. The van der Waals surface area contributed by atoms with Crippen molar-refractivity contribution in [1.29, 1.82) is 5.26 Å². The molecule has 1 aromatic carbocycles. The molecular weight excluding hydrogens is 250 g/mol. The highest BCUT2D eigenvalue weighted by Crippen LogP contribution is 2.12. The average molecular weight is 263 g/mol. The quantitative estimate of drug-likeness (QED) is 0.684. The molecule has 0 aliphatic rings. The molecule has 2 rings (SSSR count). The minimum Gasteiger partial charge on any atom is -0.321 e. The summed E-state index contributed by atoms with van der Waals surface area (Å²) in [5.41, 5.74) is 2.53. The third-order valence-electron chi connectivity index (χ3n) is 2.66. The molecule has 0 fully saturated rings. The Labute approximate surface area is 117 Å². The molecule has 4 nitrogen and oxygen atoms in total. The summed E-state index contributed by atoms with van der Waals surface area (Å²) in [6.45, 7) is 1.94. The number of hydrogen-bond acceptors (Lipinski definition) is 3. The molecule has 4 heteroatoms. The third kappa shape index (κ3) is 3.53. The summed E-state index contributed by atoms with van der Waals surface area (Å²) in [4.78, 5) is 15.9. The van der Waals surface area contributed by atoms with Crippen LogP contribution in [0.25, 0.3) is 6.08 Å². The lowest BCUT2D eigenvalue weighted by Crippen LogP contribution is -2.13. The first-order valence-corrected chi connectivity index (χ1v) is 6.09. The molecule has 1 amide bonds. The molecule has 0 bridgehead atoms. The van der Waals surface area contributed by atoms with E-state index in [9.17, 15) is 4.79 Å². The topological polar surface area (TPSA) is 65.8 Å². The molecule has 20 heavy (non-hydrogen) atoms. The maximum Gasteiger partial charge on any atom is 0.266 e. The van der Waals surface area contributed by atoms with Crippen molar-refractivity contribution in [3.63, 3.8) is 0 Å². The van der Waals surface area contributed by atoms with E-state index in [0.29, 0.717) is 5.69 Å². The Morgan fingerprint density at radius 2 is 2.05 bits per heavy atom. The summed E-state index contributed by atoms with van der Waals surface area (Å²) in [6, 6.07) is 12.8. The first-order chi connectivity index (χ1) is 9.69. The zero-order valence-corrected chi connectivity index (χ0v) is 11.0. The molecule has 2 aromatic rings. The van der Waals surface area contributed by atoms with Crippen LogP contribution in [0.4, 0.5) is 5.69 Å². The van der Waals surface area contributed by atoms with E-state index in [1.807, 2.05) is 31.2 Å². The smallest absolute Gasteiger partial charge is 0.266 e. The fraction of sp³-hybridized carbons (Fsp3) is 0.0625. The molecule has 0 saturated heterocycles. The molecule has 0 atom stereocenters. The van der Waals surface area contributed by atoms with Crippen molar-refractivity contribution in [2.24, 2.45) is 0 Å². The summed E-state index contributed by atoms with van der Waals surface area (Å²) < 4.78 is 0. The number of aryl methyl sites for hydroxylation is 1. The number of rotatable bonds is 3. The predicted octanol–water partition coefficient (Wildman–Crippen LogP) is 2.94. The third-order valence-corrected chi connectivity index (χ3v) is 2.66. The fourth-order valence-corrected chi connectivity index (χ4v) is 1.70. The number of carbonyl (C=O) groups excluding carboxylic acids is 1. The number of hydrogen-bond donors (Lipinski definition) is 1. The van der Waals surface area contributed by atoms with Gasteiger partial charge in [0.05, 0.1) is 0 Å². The molecule has 0 saturated carbocycles. The summed E-state index contributed by atoms with van der Waals surface area (Å²) in [5, 5.41) is 11.8. The van der Waals surface area contributed by atoms with Gasteiger partial charge < -0.3 is 5.32 Å². The number of anilines is 1. The first kappa shape index (κ1) is 13.5. The van der Waals surface area contributed by atoms with Crippen LogP contribution in [-0.4, -0.2) is 10.9 Å². The van der Waals surface area contributed by atoms with Gasteiger partial charge in [-0.2, -0.15) is 5.26 Å². The number of nitrogens with one attached hydrogen (secondary N) is 1. The first-order valence-electron chi connectivity index (χ1n) is 6.09. The molecule has 98 valence electrons. The van der Waals surface area contributed by atoms with Crippen molar-refractivity contribution >= 4 is 17.7 Å². The number of carbonyl (C=O) groups is 1. The van der Waals surface area contributed by atoms with Gasteiger partial charge >= 0.3 is 0 Å². The Bertz CT molecular complexity index is 684. The summed E-state index contributed by atoms with van der Waals surface area (Å²) in [6.07, 6.45) is 4.76. The van der Waals surface area contributed by atoms with Crippen LogP contribution in [0.3, 0.4) is 0 Å². The monoisotopic (exact) mass is 263 g/mol. The van der Waals surface area contributed by atoms with Crippen LogP contribution in [0.2, 0.25) is 0 Å². The molecule has 1 aromatic heterocycles. The van der Waals surface area contributed by atoms with Gasteiger partial charge in [0.1, 0.15) is 11.6 Å². The fourth-order valence-electron chi connectivity index (χ4n) is 1.70. The second-order valence-electron chi connectivity index (χ2n) is 4.27. The van der Waals surface area contributed by atoms with Gasteiger partial charge in [0.25, 0.3) is 5.91 Å². The summed E-state index contributed by atoms with van der Waals surface area (Å²) in [5.74, 6) is -0.421. The lowest BCUT2D eigenvalue weighted by Gasteiger charge is -2.05. The standard InChI is InChI=1S/C16H13N3O/c1-12-3-2-4-15(9-12)19-16(20)14(11-17)10-13-5-7-18-8-6-13/h2-10H,1H3,(H,19,20)/b14-10+. The number of benzene rings is 1. The SMILES string of the molecule is Cc1cccc(NC(=O)/C(C#N)=C/c2ccncc2)c1. The largest absolute Gasteiger partial charge is 0.321 e. The van der Waals surface area contributed by atoms with Crippen molar-refractivity contribution in [2.75, 3.05) is 5.32 Å². The van der Waals surface area contributed by atoms with E-state index >= 15 is 0 Å². The highest BCUT2D eigenvalue weighted by molar-refractivity contribution is 6.09. The minimum absolute atomic E-state index is 0.0534. The minimum atomic E-state index is -0.421. The van der Waals surface area contributed by atoms with Crippen molar-refractivity contribution in [2.45, 2.75) is 6.92 Å². The van der Waals surface area contributed by atoms with Gasteiger partial charge in [-0.1, -0.05) is 12.1 Å². The second kappa shape index (κ2) is 6.30. The molecular formula is C16H13N3O. The molecule has 0 aliphatic heterocycles. The Balaban J connectivity index is 2.19. The zero-order chi connectivity index (χ0) is 14.4. The lowest BCUT2D eigenvalue weighted by atomic mass is 10.1. The highest BCUT2D eigenvalue weighted by atomic mass is 16.1. The molecule has 1 N–H and O–H groups in total. The number of pyridine rings is 1. The van der Waals surface area contributed by atoms with Crippen LogP contribution in [0.5, 0.6) is 0 Å². The van der Waals surface area contributed by atoms with Gasteiger partial charge in [-0.3, -0.25) is 9.78 Å². The second-order valence-corrected chi connectivity index (χ2v) is 4.27. The Kier molecular flexibility index (Phi) is 4.25. The number of aromatic nitrogens is 1. The molecule has 1 heterocycles. The molecule has 0 aliphatic carbocycles. The number of nitriles is 1. The van der Waals surface area contributed by atoms with Gasteiger partial charge in [0.2, 0.25) is 0 Å². The number of nitrogens with zero attached hydrogens (tertiary/aromatic N) is 2. The molecule has 0 radical (unpaired) electrons. The Morgan fingerprint density at radius 3 is 2.70 bits per heavy atom. The Hall–Kier alpha value is -2.93. The summed E-state index contributed by atoms with van der Waals surface area (Å²) >= 11 is 0. The zero-order valence-electron chi connectivity index (χ0n) is 11.0. The van der Waals surface area contributed by atoms with E-state index in [4.69, 9.17) is 5.26 Å². The van der Waals surface area contributed by atoms with Gasteiger partial charge in [-0.05, 0) is 48.4 Å². The van der Waals surface area contributed by atoms with Crippen molar-refractivity contribution in [3.05, 3.63) is 65.5 Å². The van der Waals surface area contributed by atoms with E-state index in [1.54, 1.807) is 30.6 Å². The maximum absolute atomic E-state index is 12.0. The lowest BCUT2D eigenvalue weighted by molar-refractivity contribution is -0.112. The Morgan fingerprint density at radius 1 is 1.30 bits per heavy atom. The van der Waals surface area contributed by atoms with Crippen LogP contribution in [0.15, 0.2) is 54.4 Å². The highest BCUT2D eigenvalue weighted by Gasteiger charge is 2.09. The van der Waals surface area contributed by atoms with Crippen LogP contribution in [-0.2, 0) is 4.79 Å². The van der Waals surface area contributed by atoms with Gasteiger partial charge in [0, 0.05) is 18.1 Å². The number of amides is 1. The van der Waals surface area contributed by atoms with E-state index in [1.165, 1.54) is 6.08 Å². The average Bonchev–Trinajstić information content (AvgIpc) is 2.45. The van der Waals surface area contributed by atoms with Gasteiger partial charge in [-0.15, -0.1) is 0 Å². The molecule has 0 spiro atoms. The van der Waals surface area contributed by atoms with Crippen LogP contribution >= 0.6 is 0 Å². The predicted molar refractivity (Wildman–Crippen MR) is 77.6 cm³/mol. The van der Waals surface area contributed by atoms with E-state index in [2.05, 4.69) is 10.3 Å². The van der Waals surface area contributed by atoms with Crippen LogP contribution < -0.4 is 5.32 Å². The van der Waals surface area contributed by atoms with Crippen molar-refractivity contribution < 1.29 is 4.79 Å². The van der Waals surface area contributed by atoms with Crippen LogP contribution in [0, 0.1) is 18.3 Å². The van der Waals surface area contributed by atoms with Crippen molar-refractivity contribution in [3.8, 4) is 6.07 Å². The molecule has 0 unspecified atom stereocenters. The van der Waals surface area contributed by atoms with Crippen molar-refractivity contribution in [1.82, 2.24) is 4.98 Å². The maximum atomic E-state index is 12.0. The van der Waals surface area contributed by atoms with E-state index in [-0.39, 0.29) is 5.57 Å². The van der Waals surface area contributed by atoms with Gasteiger partial charge in [0.15, 0.2) is 0 Å². The van der Waals surface area contributed by atoms with E-state index < -0.39 is 5.91 Å². The van der Waals surface area contributed by atoms with E-state index in [0.717, 1.165) is 11.1 Å².